The number of benzene rings is 2. The summed E-state index contributed by atoms with van der Waals surface area (Å²) in [7, 11) is -2.04. The van der Waals surface area contributed by atoms with E-state index in [9.17, 15) is 13.2 Å². The van der Waals surface area contributed by atoms with Crippen molar-refractivity contribution in [3.63, 3.8) is 0 Å². The summed E-state index contributed by atoms with van der Waals surface area (Å²) in [5.41, 5.74) is 2.02. The zero-order chi connectivity index (χ0) is 24.2. The number of carbonyl (C=O) groups excluding carboxylic acids is 1. The second-order valence-electron chi connectivity index (χ2n) is 7.41. The Bertz CT molecular complexity index is 1250. The minimum Gasteiger partial charge on any atom is -0.495 e. The number of hydrogen-bond acceptors (Lipinski definition) is 5. The maximum atomic E-state index is 12.9. The first kappa shape index (κ1) is 25.0. The maximum Gasteiger partial charge on any atom is 0.243 e. The zero-order valence-electron chi connectivity index (χ0n) is 19.3. The lowest BCUT2D eigenvalue weighted by Crippen LogP contribution is -2.30. The minimum absolute atomic E-state index is 0.171. The molecule has 0 aliphatic heterocycles. The highest BCUT2D eigenvalue weighted by atomic mass is 35.5. The van der Waals surface area contributed by atoms with Gasteiger partial charge >= 0.3 is 0 Å². The third-order valence-corrected chi connectivity index (χ3v) is 7.81. The smallest absolute Gasteiger partial charge is 0.243 e. The monoisotopic (exact) mass is 492 g/mol. The van der Waals surface area contributed by atoms with E-state index in [-0.39, 0.29) is 17.2 Å². The number of methoxy groups -OCH3 is 1. The number of fused-ring (bicyclic) bond motifs is 1. The fraction of sp³-hybridized carbons (Fsp3) is 0.391. The van der Waals surface area contributed by atoms with Crippen LogP contribution >= 0.6 is 11.6 Å². The Morgan fingerprint density at radius 2 is 1.88 bits per heavy atom. The zero-order valence-corrected chi connectivity index (χ0v) is 20.8. The summed E-state index contributed by atoms with van der Waals surface area (Å²) in [4.78, 5) is 17.4. The number of nitrogens with zero attached hydrogens (tertiary/aromatic N) is 3. The Hall–Kier alpha value is -2.62. The average molecular weight is 493 g/mol. The molecule has 1 aromatic heterocycles. The summed E-state index contributed by atoms with van der Waals surface area (Å²) in [6, 6.07) is 10.1. The van der Waals surface area contributed by atoms with Gasteiger partial charge in [-0.3, -0.25) is 4.79 Å². The highest BCUT2D eigenvalue weighted by Gasteiger charge is 2.23. The predicted octanol–water partition coefficient (Wildman–Crippen LogP) is 4.32. The first-order valence-corrected chi connectivity index (χ1v) is 12.7. The molecule has 0 saturated carbocycles. The number of nitrogens with one attached hydrogen (secondary N) is 1. The predicted molar refractivity (Wildman–Crippen MR) is 130 cm³/mol. The van der Waals surface area contributed by atoms with E-state index < -0.39 is 10.0 Å². The average Bonchev–Trinajstić information content (AvgIpc) is 3.15. The van der Waals surface area contributed by atoms with E-state index in [0.29, 0.717) is 48.0 Å². The summed E-state index contributed by atoms with van der Waals surface area (Å²) in [6.07, 6.45) is 0.633. The largest absolute Gasteiger partial charge is 0.495 e. The number of amides is 1. The van der Waals surface area contributed by atoms with Crippen LogP contribution in [0.4, 0.5) is 5.69 Å². The molecule has 33 heavy (non-hydrogen) atoms. The van der Waals surface area contributed by atoms with Crippen LogP contribution < -0.4 is 10.1 Å². The van der Waals surface area contributed by atoms with E-state index in [0.717, 1.165) is 11.3 Å². The van der Waals surface area contributed by atoms with Gasteiger partial charge in [0.2, 0.25) is 15.9 Å². The van der Waals surface area contributed by atoms with E-state index in [4.69, 9.17) is 16.3 Å². The van der Waals surface area contributed by atoms with Crippen LogP contribution in [-0.2, 0) is 27.8 Å². The molecule has 2 aromatic carbocycles. The first-order chi connectivity index (χ1) is 15.7. The van der Waals surface area contributed by atoms with Crippen LogP contribution in [0.2, 0.25) is 5.02 Å². The Balaban J connectivity index is 1.79. The number of ether oxygens (including phenoxy) is 1. The van der Waals surface area contributed by atoms with E-state index in [1.807, 2.05) is 25.3 Å². The topological polar surface area (TPSA) is 93.5 Å². The number of carbonyl (C=O) groups is 1. The van der Waals surface area contributed by atoms with Gasteiger partial charge in [-0.15, -0.1) is 0 Å². The van der Waals surface area contributed by atoms with Gasteiger partial charge in [0.25, 0.3) is 0 Å². The molecule has 0 spiro atoms. The highest BCUT2D eigenvalue weighted by molar-refractivity contribution is 7.89. The molecule has 1 heterocycles. The Kier molecular flexibility index (Phi) is 7.99. The lowest BCUT2D eigenvalue weighted by molar-refractivity contribution is -0.116. The summed E-state index contributed by atoms with van der Waals surface area (Å²) < 4.78 is 34.3. The van der Waals surface area contributed by atoms with Crippen molar-refractivity contribution in [1.82, 2.24) is 13.9 Å². The molecule has 0 saturated heterocycles. The van der Waals surface area contributed by atoms with Crippen LogP contribution in [0.3, 0.4) is 0 Å². The van der Waals surface area contributed by atoms with Crippen LogP contribution in [0.25, 0.3) is 11.0 Å². The van der Waals surface area contributed by atoms with Gasteiger partial charge in [-0.05, 0) is 43.3 Å². The van der Waals surface area contributed by atoms with Crippen molar-refractivity contribution in [3.8, 4) is 5.75 Å². The molecule has 0 radical (unpaired) electrons. The number of aryl methyl sites for hydroxylation is 2. The molecule has 1 N–H and O–H groups in total. The molecule has 178 valence electrons. The molecule has 0 unspecified atom stereocenters. The standard InChI is InChI=1S/C23H29ClN4O4S/c1-5-27(6-2)33(30,31)17-9-10-20-19(15-17)26-22(28(20)7-3)12-13-23(29)25-16-8-11-21(32-4)18(24)14-16/h8-11,14-15H,5-7,12-13H2,1-4H3,(H,25,29). The second-order valence-corrected chi connectivity index (χ2v) is 9.75. The van der Waals surface area contributed by atoms with Gasteiger partial charge in [0.15, 0.2) is 0 Å². The molecule has 0 fully saturated rings. The van der Waals surface area contributed by atoms with Crippen molar-refractivity contribution >= 4 is 44.3 Å². The van der Waals surface area contributed by atoms with Crippen molar-refractivity contribution < 1.29 is 17.9 Å². The molecule has 8 nitrogen and oxygen atoms in total. The Morgan fingerprint density at radius 1 is 1.15 bits per heavy atom. The number of aromatic nitrogens is 2. The van der Waals surface area contributed by atoms with Crippen molar-refractivity contribution in [2.24, 2.45) is 0 Å². The van der Waals surface area contributed by atoms with E-state index in [1.54, 1.807) is 36.4 Å². The molecule has 0 atom stereocenters. The lowest BCUT2D eigenvalue weighted by atomic mass is 10.2. The molecule has 3 rings (SSSR count). The highest BCUT2D eigenvalue weighted by Crippen LogP contribution is 2.27. The van der Waals surface area contributed by atoms with Crippen molar-refractivity contribution in [1.29, 1.82) is 0 Å². The summed E-state index contributed by atoms with van der Waals surface area (Å²) in [6.45, 7) is 7.08. The molecular formula is C23H29ClN4O4S. The summed E-state index contributed by atoms with van der Waals surface area (Å²) >= 11 is 6.12. The van der Waals surface area contributed by atoms with Crippen molar-refractivity contribution in [2.45, 2.75) is 45.1 Å². The van der Waals surface area contributed by atoms with Crippen LogP contribution in [0.1, 0.15) is 33.0 Å². The fourth-order valence-corrected chi connectivity index (χ4v) is 5.51. The Morgan fingerprint density at radius 3 is 2.48 bits per heavy atom. The SMILES string of the molecule is CCN(CC)S(=O)(=O)c1ccc2c(c1)nc(CCC(=O)Nc1ccc(OC)c(Cl)c1)n2CC. The number of hydrogen-bond donors (Lipinski definition) is 1. The fourth-order valence-electron chi connectivity index (χ4n) is 3.77. The number of rotatable bonds is 10. The van der Waals surface area contributed by atoms with Gasteiger partial charge < -0.3 is 14.6 Å². The molecule has 3 aromatic rings. The van der Waals surface area contributed by atoms with E-state index in [1.165, 1.54) is 11.4 Å². The van der Waals surface area contributed by atoms with Crippen LogP contribution in [0.15, 0.2) is 41.3 Å². The van der Waals surface area contributed by atoms with Crippen LogP contribution in [0.5, 0.6) is 5.75 Å². The first-order valence-electron chi connectivity index (χ1n) is 10.9. The Labute approximate surface area is 199 Å². The van der Waals surface area contributed by atoms with Crippen molar-refractivity contribution in [2.75, 3.05) is 25.5 Å². The molecular weight excluding hydrogens is 464 g/mol. The number of anilines is 1. The van der Waals surface area contributed by atoms with Gasteiger partial charge in [-0.25, -0.2) is 13.4 Å². The summed E-state index contributed by atoms with van der Waals surface area (Å²) in [5.74, 6) is 1.09. The van der Waals surface area contributed by atoms with Gasteiger partial charge in [0.1, 0.15) is 11.6 Å². The minimum atomic E-state index is -3.57. The van der Waals surface area contributed by atoms with Crippen LogP contribution in [-0.4, -0.2) is 48.4 Å². The van der Waals surface area contributed by atoms with Crippen molar-refractivity contribution in [3.05, 3.63) is 47.2 Å². The summed E-state index contributed by atoms with van der Waals surface area (Å²) in [5, 5.41) is 3.24. The molecule has 0 aliphatic carbocycles. The van der Waals surface area contributed by atoms with E-state index in [2.05, 4.69) is 10.3 Å². The third kappa shape index (κ3) is 5.31. The molecule has 0 aliphatic rings. The van der Waals surface area contributed by atoms with Gasteiger partial charge in [0.05, 0.1) is 28.1 Å². The quantitative estimate of drug-likeness (QED) is 0.455. The normalized spacial score (nSPS) is 11.8. The van der Waals surface area contributed by atoms with Gasteiger partial charge in [0, 0.05) is 38.2 Å². The molecule has 1 amide bonds. The number of halogens is 1. The lowest BCUT2D eigenvalue weighted by Gasteiger charge is -2.18. The number of imidazole rings is 1. The second kappa shape index (κ2) is 10.5. The van der Waals surface area contributed by atoms with E-state index >= 15 is 0 Å². The molecule has 0 bridgehead atoms. The van der Waals surface area contributed by atoms with Gasteiger partial charge in [-0.2, -0.15) is 4.31 Å². The number of sulfonamides is 1. The van der Waals surface area contributed by atoms with Crippen LogP contribution in [0, 0.1) is 0 Å². The molecule has 10 heteroatoms. The maximum absolute atomic E-state index is 12.9. The van der Waals surface area contributed by atoms with Gasteiger partial charge in [-0.1, -0.05) is 25.4 Å². The third-order valence-electron chi connectivity index (χ3n) is 5.47.